The Balaban J connectivity index is -0.000000661. The van der Waals surface area contributed by atoms with Gasteiger partial charge in [0.1, 0.15) is 0 Å². The number of hydrogen-bond acceptors (Lipinski definition) is 3. The van der Waals surface area contributed by atoms with Crippen LogP contribution in [0, 0.1) is 10.8 Å². The maximum atomic E-state index is 12.5. The van der Waals surface area contributed by atoms with E-state index < -0.39 is 5.41 Å². The van der Waals surface area contributed by atoms with Crippen LogP contribution in [-0.2, 0) is 14.3 Å². The summed E-state index contributed by atoms with van der Waals surface area (Å²) in [6.07, 6.45) is 5.09. The van der Waals surface area contributed by atoms with E-state index >= 15 is 0 Å². The van der Waals surface area contributed by atoms with Gasteiger partial charge in [0.15, 0.2) is 0 Å². The van der Waals surface area contributed by atoms with Crippen molar-refractivity contribution in [3.8, 4) is 0 Å². The number of carbonyl (C=O) groups excluding carboxylic acids is 2. The first-order valence-corrected chi connectivity index (χ1v) is 9.09. The second-order valence-electron chi connectivity index (χ2n) is 8.24. The molecule has 1 heterocycles. The number of hydrogen-bond donors (Lipinski definition) is 0. The van der Waals surface area contributed by atoms with Gasteiger partial charge < -0.3 is 9.64 Å². The Kier molecular flexibility index (Phi) is 17.4. The number of ether oxygens (including phenoxy) is 1. The molecule has 1 saturated heterocycles. The van der Waals surface area contributed by atoms with Crippen molar-refractivity contribution >= 4 is 11.9 Å². The molecule has 0 aromatic rings. The smallest absolute Gasteiger partial charge is 0.311 e. The van der Waals surface area contributed by atoms with Gasteiger partial charge in [0.05, 0.1) is 12.0 Å². The first-order chi connectivity index (χ1) is 10.6. The van der Waals surface area contributed by atoms with Crippen LogP contribution in [-0.4, -0.2) is 36.0 Å². The summed E-state index contributed by atoms with van der Waals surface area (Å²) in [4.78, 5) is 26.4. The van der Waals surface area contributed by atoms with Crippen LogP contribution in [0.4, 0.5) is 0 Å². The molecule has 1 atom stereocenters. The predicted molar refractivity (Wildman–Crippen MR) is 120 cm³/mol. The molecule has 0 aromatic heterocycles. The SMILES string of the molecule is C.C.C.C.CCC(CC(C)(C)C(=O)OCCC(C)(C)CC)N1CCCC1=O. The Morgan fingerprint density at radius 2 is 1.67 bits per heavy atom. The molecule has 0 aromatic carbocycles. The van der Waals surface area contributed by atoms with Crippen LogP contribution >= 0.6 is 0 Å². The van der Waals surface area contributed by atoms with E-state index in [-0.39, 0.29) is 53.0 Å². The molecule has 1 aliphatic heterocycles. The standard InChI is InChI=1S/C19H35NO3.4CH4/c1-7-15(20-12-9-10-16(20)21)14-19(5,6)17(22)23-13-11-18(3,4)8-2;;;;/h15H,7-14H2,1-6H3;4*1H4. The quantitative estimate of drug-likeness (QED) is 0.411. The lowest BCUT2D eigenvalue weighted by Crippen LogP contribution is -2.41. The zero-order valence-corrected chi connectivity index (χ0v) is 15.9. The van der Waals surface area contributed by atoms with Crippen LogP contribution in [0.25, 0.3) is 0 Å². The van der Waals surface area contributed by atoms with Gasteiger partial charge in [-0.15, -0.1) is 0 Å². The van der Waals surface area contributed by atoms with Gasteiger partial charge in [-0.1, -0.05) is 63.8 Å². The van der Waals surface area contributed by atoms with Gasteiger partial charge in [0, 0.05) is 19.0 Å². The van der Waals surface area contributed by atoms with Crippen molar-refractivity contribution in [2.75, 3.05) is 13.2 Å². The van der Waals surface area contributed by atoms with Gasteiger partial charge in [-0.05, 0) is 44.9 Å². The van der Waals surface area contributed by atoms with Crippen LogP contribution < -0.4 is 0 Å². The van der Waals surface area contributed by atoms with E-state index in [1.54, 1.807) is 0 Å². The molecule has 1 amide bonds. The summed E-state index contributed by atoms with van der Waals surface area (Å²) in [6.45, 7) is 13.8. The summed E-state index contributed by atoms with van der Waals surface area (Å²) in [5.74, 6) is 0.0835. The van der Waals surface area contributed by atoms with E-state index in [1.807, 2.05) is 18.7 Å². The van der Waals surface area contributed by atoms with Crippen molar-refractivity contribution < 1.29 is 14.3 Å². The van der Waals surface area contributed by atoms with Gasteiger partial charge in [0.25, 0.3) is 0 Å². The third-order valence-corrected chi connectivity index (χ3v) is 5.29. The zero-order valence-electron chi connectivity index (χ0n) is 15.9. The zero-order chi connectivity index (χ0) is 17.7. The fraction of sp³-hybridized carbons (Fsp3) is 0.913. The summed E-state index contributed by atoms with van der Waals surface area (Å²) in [5, 5.41) is 0. The average molecular weight is 390 g/mol. The third kappa shape index (κ3) is 10.2. The Morgan fingerprint density at radius 1 is 1.11 bits per heavy atom. The fourth-order valence-electron chi connectivity index (χ4n) is 2.99. The molecular weight excluding hydrogens is 338 g/mol. The highest BCUT2D eigenvalue weighted by molar-refractivity contribution is 5.79. The first-order valence-electron chi connectivity index (χ1n) is 9.09. The van der Waals surface area contributed by atoms with Gasteiger partial charge in [0.2, 0.25) is 5.91 Å². The topological polar surface area (TPSA) is 46.6 Å². The molecule has 1 fully saturated rings. The Morgan fingerprint density at radius 3 is 2.07 bits per heavy atom. The normalized spacial score (nSPS) is 14.9. The molecule has 0 bridgehead atoms. The van der Waals surface area contributed by atoms with Crippen LogP contribution in [0.1, 0.15) is 110 Å². The van der Waals surface area contributed by atoms with Gasteiger partial charge in [-0.2, -0.15) is 0 Å². The molecule has 0 saturated carbocycles. The van der Waals surface area contributed by atoms with Crippen molar-refractivity contribution in [1.29, 1.82) is 0 Å². The number of esters is 1. The van der Waals surface area contributed by atoms with Gasteiger partial charge >= 0.3 is 5.97 Å². The van der Waals surface area contributed by atoms with E-state index in [9.17, 15) is 9.59 Å². The van der Waals surface area contributed by atoms with E-state index in [4.69, 9.17) is 4.74 Å². The molecule has 0 radical (unpaired) electrons. The van der Waals surface area contributed by atoms with Crippen LogP contribution in [0.2, 0.25) is 0 Å². The molecule has 1 rings (SSSR count). The maximum absolute atomic E-state index is 12.5. The largest absolute Gasteiger partial charge is 0.465 e. The molecule has 27 heavy (non-hydrogen) atoms. The average Bonchev–Trinajstić information content (AvgIpc) is 2.90. The minimum absolute atomic E-state index is 0. The number of amides is 1. The minimum atomic E-state index is -0.556. The van der Waals surface area contributed by atoms with Crippen LogP contribution in [0.3, 0.4) is 0 Å². The lowest BCUT2D eigenvalue weighted by Gasteiger charge is -2.33. The molecule has 0 spiro atoms. The second-order valence-corrected chi connectivity index (χ2v) is 8.24. The Labute approximate surface area is 171 Å². The summed E-state index contributed by atoms with van der Waals surface area (Å²) >= 11 is 0. The molecule has 4 heteroatoms. The predicted octanol–water partition coefficient (Wildman–Crippen LogP) is 6.72. The maximum Gasteiger partial charge on any atom is 0.311 e. The second kappa shape index (κ2) is 14.0. The number of rotatable bonds is 9. The van der Waals surface area contributed by atoms with Gasteiger partial charge in [-0.25, -0.2) is 0 Å². The van der Waals surface area contributed by atoms with Crippen LogP contribution in [0.15, 0.2) is 0 Å². The summed E-state index contributed by atoms with van der Waals surface area (Å²) in [5.41, 5.74) is -0.349. The fourth-order valence-corrected chi connectivity index (χ4v) is 2.99. The number of likely N-dealkylation sites (tertiary alicyclic amines) is 1. The molecular formula is C23H51NO3. The molecule has 166 valence electrons. The van der Waals surface area contributed by atoms with Crippen molar-refractivity contribution in [2.45, 2.75) is 116 Å². The van der Waals surface area contributed by atoms with Crippen molar-refractivity contribution in [3.63, 3.8) is 0 Å². The first kappa shape index (κ1) is 33.5. The van der Waals surface area contributed by atoms with E-state index in [0.29, 0.717) is 19.4 Å². The highest BCUT2D eigenvalue weighted by atomic mass is 16.5. The highest BCUT2D eigenvalue weighted by Crippen LogP contribution is 2.31. The molecule has 1 unspecified atom stereocenters. The van der Waals surface area contributed by atoms with Crippen molar-refractivity contribution in [1.82, 2.24) is 4.90 Å². The molecule has 1 aliphatic rings. The number of nitrogens with zero attached hydrogens (tertiary/aromatic N) is 1. The van der Waals surface area contributed by atoms with E-state index in [2.05, 4.69) is 27.7 Å². The number of carbonyl (C=O) groups is 2. The van der Waals surface area contributed by atoms with Gasteiger partial charge in [-0.3, -0.25) is 9.59 Å². The Hall–Kier alpha value is -1.06. The molecule has 0 N–H and O–H groups in total. The summed E-state index contributed by atoms with van der Waals surface area (Å²) in [6, 6.07) is 0.139. The van der Waals surface area contributed by atoms with Crippen LogP contribution in [0.5, 0.6) is 0 Å². The lowest BCUT2D eigenvalue weighted by atomic mass is 9.84. The molecule has 0 aliphatic carbocycles. The highest BCUT2D eigenvalue weighted by Gasteiger charge is 2.36. The van der Waals surface area contributed by atoms with Crippen molar-refractivity contribution in [3.05, 3.63) is 0 Å². The minimum Gasteiger partial charge on any atom is -0.465 e. The summed E-state index contributed by atoms with van der Waals surface area (Å²) in [7, 11) is 0. The van der Waals surface area contributed by atoms with E-state index in [0.717, 1.165) is 32.2 Å². The van der Waals surface area contributed by atoms with Crippen molar-refractivity contribution in [2.24, 2.45) is 10.8 Å². The van der Waals surface area contributed by atoms with E-state index in [1.165, 1.54) is 0 Å². The summed E-state index contributed by atoms with van der Waals surface area (Å²) < 4.78 is 5.54. The lowest BCUT2D eigenvalue weighted by molar-refractivity contribution is -0.156. The Bertz CT molecular complexity index is 416. The third-order valence-electron chi connectivity index (χ3n) is 5.29. The molecule has 4 nitrogen and oxygen atoms in total. The monoisotopic (exact) mass is 389 g/mol.